The third-order valence-electron chi connectivity index (χ3n) is 3.33. The van der Waals surface area contributed by atoms with Gasteiger partial charge in [-0.1, -0.05) is 60.3 Å². The Labute approximate surface area is 128 Å². The number of benzene rings is 2. The van der Waals surface area contributed by atoms with Crippen molar-refractivity contribution < 1.29 is 4.42 Å². The van der Waals surface area contributed by atoms with E-state index in [1.165, 1.54) is 5.56 Å². The summed E-state index contributed by atoms with van der Waals surface area (Å²) in [4.78, 5) is 0. The van der Waals surface area contributed by atoms with Gasteiger partial charge in [-0.15, -0.1) is 10.2 Å². The second-order valence-corrected chi connectivity index (χ2v) is 6.15. The fraction of sp³-hybridized carbons (Fsp3) is 0.176. The van der Waals surface area contributed by atoms with Gasteiger partial charge in [-0.3, -0.25) is 0 Å². The highest BCUT2D eigenvalue weighted by molar-refractivity contribution is 7.99. The summed E-state index contributed by atoms with van der Waals surface area (Å²) in [6.07, 6.45) is 0. The van der Waals surface area contributed by atoms with E-state index in [4.69, 9.17) is 4.42 Å². The Morgan fingerprint density at radius 1 is 0.952 bits per heavy atom. The van der Waals surface area contributed by atoms with Crippen LogP contribution in [0.2, 0.25) is 0 Å². The van der Waals surface area contributed by atoms with Crippen LogP contribution in [-0.4, -0.2) is 10.2 Å². The molecule has 0 aliphatic heterocycles. The van der Waals surface area contributed by atoms with Crippen molar-refractivity contribution in [3.8, 4) is 11.5 Å². The number of hydrogen-bond donors (Lipinski definition) is 0. The molecule has 0 radical (unpaired) electrons. The van der Waals surface area contributed by atoms with Gasteiger partial charge in [-0.05, 0) is 31.0 Å². The standard InChI is InChI=1S/C17H16N2OS/c1-12-8-6-7-11-15(12)16-18-19-17(20-16)21-13(2)14-9-4-3-5-10-14/h3-11,13H,1-2H3. The van der Waals surface area contributed by atoms with Crippen molar-refractivity contribution in [3.63, 3.8) is 0 Å². The molecular weight excluding hydrogens is 280 g/mol. The minimum Gasteiger partial charge on any atom is -0.411 e. The molecule has 0 spiro atoms. The average molecular weight is 296 g/mol. The highest BCUT2D eigenvalue weighted by Crippen LogP contribution is 2.35. The van der Waals surface area contributed by atoms with Gasteiger partial charge in [0.2, 0.25) is 5.89 Å². The van der Waals surface area contributed by atoms with Crippen LogP contribution in [0.1, 0.15) is 23.3 Å². The molecule has 1 atom stereocenters. The summed E-state index contributed by atoms with van der Waals surface area (Å²) >= 11 is 1.58. The lowest BCUT2D eigenvalue weighted by Crippen LogP contribution is -1.87. The zero-order chi connectivity index (χ0) is 14.7. The van der Waals surface area contributed by atoms with Crippen LogP contribution in [0.15, 0.2) is 64.2 Å². The number of hydrogen-bond acceptors (Lipinski definition) is 4. The maximum absolute atomic E-state index is 5.78. The van der Waals surface area contributed by atoms with E-state index in [2.05, 4.69) is 29.3 Å². The van der Waals surface area contributed by atoms with Gasteiger partial charge in [0.25, 0.3) is 5.22 Å². The summed E-state index contributed by atoms with van der Waals surface area (Å²) in [5.41, 5.74) is 3.37. The topological polar surface area (TPSA) is 38.9 Å². The van der Waals surface area contributed by atoms with Crippen LogP contribution in [0.4, 0.5) is 0 Å². The van der Waals surface area contributed by atoms with E-state index >= 15 is 0 Å². The molecule has 21 heavy (non-hydrogen) atoms. The number of aromatic nitrogens is 2. The van der Waals surface area contributed by atoms with Gasteiger partial charge in [0.05, 0.1) is 0 Å². The maximum Gasteiger partial charge on any atom is 0.277 e. The SMILES string of the molecule is Cc1ccccc1-c1nnc(SC(C)c2ccccc2)o1. The quantitative estimate of drug-likeness (QED) is 0.642. The second kappa shape index (κ2) is 6.14. The molecule has 0 fully saturated rings. The fourth-order valence-corrected chi connectivity index (χ4v) is 2.93. The minimum atomic E-state index is 0.274. The van der Waals surface area contributed by atoms with Crippen LogP contribution >= 0.6 is 11.8 Å². The molecule has 0 N–H and O–H groups in total. The Morgan fingerprint density at radius 2 is 1.67 bits per heavy atom. The summed E-state index contributed by atoms with van der Waals surface area (Å²) in [5, 5.41) is 9.18. The smallest absolute Gasteiger partial charge is 0.277 e. The van der Waals surface area contributed by atoms with Crippen molar-refractivity contribution in [1.82, 2.24) is 10.2 Å². The fourth-order valence-electron chi connectivity index (χ4n) is 2.12. The first-order valence-electron chi connectivity index (χ1n) is 6.85. The first-order chi connectivity index (χ1) is 10.2. The molecule has 0 aliphatic rings. The van der Waals surface area contributed by atoms with Crippen molar-refractivity contribution >= 4 is 11.8 Å². The molecule has 0 saturated heterocycles. The van der Waals surface area contributed by atoms with Gasteiger partial charge in [0.15, 0.2) is 0 Å². The molecule has 0 bridgehead atoms. The molecule has 2 aromatic carbocycles. The molecule has 1 aromatic heterocycles. The molecule has 3 aromatic rings. The van der Waals surface area contributed by atoms with Crippen molar-refractivity contribution in [2.45, 2.75) is 24.3 Å². The summed E-state index contributed by atoms with van der Waals surface area (Å²) in [5.74, 6) is 0.580. The van der Waals surface area contributed by atoms with Crippen LogP contribution in [0.25, 0.3) is 11.5 Å². The third-order valence-corrected chi connectivity index (χ3v) is 4.32. The molecule has 1 unspecified atom stereocenters. The lowest BCUT2D eigenvalue weighted by Gasteiger charge is -2.07. The molecule has 0 aliphatic carbocycles. The van der Waals surface area contributed by atoms with Gasteiger partial charge in [0.1, 0.15) is 0 Å². The van der Waals surface area contributed by atoms with Crippen molar-refractivity contribution in [2.24, 2.45) is 0 Å². The number of thioether (sulfide) groups is 1. The molecule has 3 rings (SSSR count). The summed E-state index contributed by atoms with van der Waals surface area (Å²) < 4.78 is 5.78. The lowest BCUT2D eigenvalue weighted by molar-refractivity contribution is 0.465. The monoisotopic (exact) mass is 296 g/mol. The zero-order valence-electron chi connectivity index (χ0n) is 12.0. The largest absolute Gasteiger partial charge is 0.411 e. The Balaban J connectivity index is 1.78. The van der Waals surface area contributed by atoms with E-state index in [9.17, 15) is 0 Å². The molecular formula is C17H16N2OS. The van der Waals surface area contributed by atoms with E-state index in [1.807, 2.05) is 49.4 Å². The number of nitrogens with zero attached hydrogens (tertiary/aromatic N) is 2. The Morgan fingerprint density at radius 3 is 2.43 bits per heavy atom. The van der Waals surface area contributed by atoms with Crippen LogP contribution in [0, 0.1) is 6.92 Å². The number of rotatable bonds is 4. The van der Waals surface area contributed by atoms with Crippen LogP contribution < -0.4 is 0 Å². The third kappa shape index (κ3) is 3.16. The molecule has 0 saturated carbocycles. The predicted octanol–water partition coefficient (Wildman–Crippen LogP) is 4.90. The second-order valence-electron chi connectivity index (χ2n) is 4.86. The summed E-state index contributed by atoms with van der Waals surface area (Å²) in [7, 11) is 0. The normalized spacial score (nSPS) is 12.3. The first-order valence-corrected chi connectivity index (χ1v) is 7.73. The lowest BCUT2D eigenvalue weighted by atomic mass is 10.1. The Bertz CT molecular complexity index is 724. The first kappa shape index (κ1) is 13.9. The Kier molecular flexibility index (Phi) is 4.06. The molecule has 0 amide bonds. The van der Waals surface area contributed by atoms with Crippen LogP contribution in [0.3, 0.4) is 0 Å². The summed E-state index contributed by atoms with van der Waals surface area (Å²) in [6.45, 7) is 4.18. The van der Waals surface area contributed by atoms with E-state index < -0.39 is 0 Å². The average Bonchev–Trinajstić information content (AvgIpc) is 2.97. The van der Waals surface area contributed by atoms with Crippen molar-refractivity contribution in [2.75, 3.05) is 0 Å². The van der Waals surface area contributed by atoms with Crippen molar-refractivity contribution in [3.05, 3.63) is 65.7 Å². The predicted molar refractivity (Wildman–Crippen MR) is 85.2 cm³/mol. The van der Waals surface area contributed by atoms with Gasteiger partial charge in [-0.25, -0.2) is 0 Å². The van der Waals surface area contributed by atoms with Gasteiger partial charge < -0.3 is 4.42 Å². The van der Waals surface area contributed by atoms with E-state index in [0.717, 1.165) is 11.1 Å². The maximum atomic E-state index is 5.78. The number of aryl methyl sites for hydroxylation is 1. The molecule has 4 heteroatoms. The van der Waals surface area contributed by atoms with Gasteiger partial charge in [0, 0.05) is 10.8 Å². The molecule has 106 valence electrons. The van der Waals surface area contributed by atoms with E-state index in [1.54, 1.807) is 11.8 Å². The molecule has 3 nitrogen and oxygen atoms in total. The zero-order valence-corrected chi connectivity index (χ0v) is 12.8. The van der Waals surface area contributed by atoms with Gasteiger partial charge in [-0.2, -0.15) is 0 Å². The van der Waals surface area contributed by atoms with Crippen LogP contribution in [0.5, 0.6) is 0 Å². The highest BCUT2D eigenvalue weighted by Gasteiger charge is 2.14. The minimum absolute atomic E-state index is 0.274. The molecule has 1 heterocycles. The van der Waals surface area contributed by atoms with Gasteiger partial charge >= 0.3 is 0 Å². The summed E-state index contributed by atoms with van der Waals surface area (Å²) in [6, 6.07) is 18.3. The van der Waals surface area contributed by atoms with Crippen LogP contribution in [-0.2, 0) is 0 Å². The van der Waals surface area contributed by atoms with E-state index in [0.29, 0.717) is 11.1 Å². The highest BCUT2D eigenvalue weighted by atomic mass is 32.2. The Hall–Kier alpha value is -2.07. The van der Waals surface area contributed by atoms with Crippen molar-refractivity contribution in [1.29, 1.82) is 0 Å². The van der Waals surface area contributed by atoms with E-state index in [-0.39, 0.29) is 5.25 Å².